The molecule has 0 unspecified atom stereocenters. The highest BCUT2D eigenvalue weighted by molar-refractivity contribution is 6.30. The molecule has 0 fully saturated rings. The van der Waals surface area contributed by atoms with Crippen LogP contribution in [0.25, 0.3) is 10.9 Å². The quantitative estimate of drug-likeness (QED) is 0.427. The lowest BCUT2D eigenvalue weighted by Gasteiger charge is -2.06. The second-order valence-corrected chi connectivity index (χ2v) is 6.82. The normalized spacial score (nSPS) is 10.9. The lowest BCUT2D eigenvalue weighted by molar-refractivity contribution is 0.306. The fourth-order valence-electron chi connectivity index (χ4n) is 2.92. The first-order chi connectivity index (χ1) is 13.3. The van der Waals surface area contributed by atoms with Gasteiger partial charge in [0, 0.05) is 28.4 Å². The van der Waals surface area contributed by atoms with E-state index < -0.39 is 0 Å². The van der Waals surface area contributed by atoms with Crippen molar-refractivity contribution in [1.29, 1.82) is 0 Å². The Morgan fingerprint density at radius 3 is 2.41 bits per heavy atom. The third kappa shape index (κ3) is 4.63. The van der Waals surface area contributed by atoms with E-state index >= 15 is 0 Å². The molecule has 136 valence electrons. The highest BCUT2D eigenvalue weighted by Gasteiger charge is 2.04. The SMILES string of the molecule is Clc1ccc(CCOc2cc3cc(OCc4ccccc4)ccc3[nH]2)cc1. The molecule has 0 aliphatic rings. The Kier molecular flexibility index (Phi) is 5.31. The van der Waals surface area contributed by atoms with Crippen LogP contribution < -0.4 is 9.47 Å². The number of rotatable bonds is 7. The molecule has 0 amide bonds. The standard InChI is InChI=1S/C23H20ClNO2/c24-20-8-6-17(7-9-20)12-13-26-23-15-19-14-21(10-11-22(19)25-23)27-16-18-4-2-1-3-5-18/h1-11,14-15,25H,12-13,16H2. The molecule has 0 radical (unpaired) electrons. The molecule has 4 aromatic rings. The minimum atomic E-state index is 0.557. The van der Waals surface area contributed by atoms with Crippen LogP contribution in [0.3, 0.4) is 0 Å². The van der Waals surface area contributed by atoms with Gasteiger partial charge in [0.2, 0.25) is 0 Å². The summed E-state index contributed by atoms with van der Waals surface area (Å²) < 4.78 is 11.8. The molecule has 1 aromatic heterocycles. The van der Waals surface area contributed by atoms with Crippen molar-refractivity contribution in [2.45, 2.75) is 13.0 Å². The summed E-state index contributed by atoms with van der Waals surface area (Å²) in [5.41, 5.74) is 3.38. The van der Waals surface area contributed by atoms with E-state index in [0.29, 0.717) is 13.2 Å². The number of aromatic amines is 1. The molecule has 3 aromatic carbocycles. The largest absolute Gasteiger partial charge is 0.489 e. The summed E-state index contributed by atoms with van der Waals surface area (Å²) in [5.74, 6) is 1.61. The Morgan fingerprint density at radius 2 is 1.59 bits per heavy atom. The second-order valence-electron chi connectivity index (χ2n) is 6.38. The van der Waals surface area contributed by atoms with Crippen LogP contribution in [-0.4, -0.2) is 11.6 Å². The molecule has 1 N–H and O–H groups in total. The molecule has 3 nitrogen and oxygen atoms in total. The summed E-state index contributed by atoms with van der Waals surface area (Å²) in [5, 5.41) is 1.82. The van der Waals surface area contributed by atoms with Crippen molar-refractivity contribution in [3.63, 3.8) is 0 Å². The van der Waals surface area contributed by atoms with Gasteiger partial charge in [-0.3, -0.25) is 0 Å². The van der Waals surface area contributed by atoms with Crippen LogP contribution in [0.2, 0.25) is 5.02 Å². The van der Waals surface area contributed by atoms with Crippen molar-refractivity contribution in [2.24, 2.45) is 0 Å². The van der Waals surface area contributed by atoms with Crippen LogP contribution >= 0.6 is 11.6 Å². The molecule has 0 saturated heterocycles. The zero-order valence-corrected chi connectivity index (χ0v) is 15.6. The van der Waals surface area contributed by atoms with Gasteiger partial charge in [-0.05, 0) is 41.5 Å². The van der Waals surface area contributed by atoms with Crippen LogP contribution in [0.5, 0.6) is 11.6 Å². The molecule has 4 rings (SSSR count). The summed E-state index contributed by atoms with van der Waals surface area (Å²) >= 11 is 5.91. The van der Waals surface area contributed by atoms with Gasteiger partial charge in [-0.15, -0.1) is 0 Å². The molecule has 0 bridgehead atoms. The van der Waals surface area contributed by atoms with Crippen LogP contribution in [0, 0.1) is 0 Å². The van der Waals surface area contributed by atoms with Crippen molar-refractivity contribution in [3.8, 4) is 11.6 Å². The fraction of sp³-hybridized carbons (Fsp3) is 0.130. The lowest BCUT2D eigenvalue weighted by Crippen LogP contribution is -2.01. The first-order valence-electron chi connectivity index (χ1n) is 8.93. The molecule has 1 heterocycles. The van der Waals surface area contributed by atoms with E-state index in [1.165, 1.54) is 5.56 Å². The number of nitrogens with one attached hydrogen (secondary N) is 1. The van der Waals surface area contributed by atoms with E-state index in [1.54, 1.807) is 0 Å². The smallest absolute Gasteiger partial charge is 0.191 e. The lowest BCUT2D eigenvalue weighted by atomic mass is 10.2. The molecule has 0 saturated carbocycles. The zero-order valence-electron chi connectivity index (χ0n) is 14.8. The molecule has 0 spiro atoms. The van der Waals surface area contributed by atoms with Gasteiger partial charge >= 0.3 is 0 Å². The van der Waals surface area contributed by atoms with Crippen molar-refractivity contribution in [1.82, 2.24) is 4.98 Å². The van der Waals surface area contributed by atoms with E-state index in [1.807, 2.05) is 66.7 Å². The molecular formula is C23H20ClNO2. The number of H-pyrrole nitrogens is 1. The molecular weight excluding hydrogens is 358 g/mol. The van der Waals surface area contributed by atoms with E-state index in [-0.39, 0.29) is 0 Å². The number of halogens is 1. The summed E-state index contributed by atoms with van der Waals surface area (Å²) in [6.07, 6.45) is 0.831. The predicted molar refractivity (Wildman–Crippen MR) is 110 cm³/mol. The van der Waals surface area contributed by atoms with Gasteiger partial charge in [-0.2, -0.15) is 0 Å². The molecule has 0 aliphatic carbocycles. The van der Waals surface area contributed by atoms with Crippen LogP contribution in [0.1, 0.15) is 11.1 Å². The monoisotopic (exact) mass is 377 g/mol. The maximum absolute atomic E-state index is 5.91. The number of ether oxygens (including phenoxy) is 2. The second kappa shape index (κ2) is 8.19. The van der Waals surface area contributed by atoms with Gasteiger partial charge in [0.1, 0.15) is 12.4 Å². The highest BCUT2D eigenvalue weighted by Crippen LogP contribution is 2.25. The van der Waals surface area contributed by atoms with Crippen molar-refractivity contribution in [2.75, 3.05) is 6.61 Å². The Morgan fingerprint density at radius 1 is 0.778 bits per heavy atom. The van der Waals surface area contributed by atoms with Gasteiger partial charge in [0.05, 0.1) is 6.61 Å². The summed E-state index contributed by atoms with van der Waals surface area (Å²) in [7, 11) is 0. The minimum Gasteiger partial charge on any atom is -0.489 e. The van der Waals surface area contributed by atoms with Crippen molar-refractivity contribution < 1.29 is 9.47 Å². The molecule has 4 heteroatoms. The Balaban J connectivity index is 1.36. The fourth-order valence-corrected chi connectivity index (χ4v) is 3.05. The number of hydrogen-bond donors (Lipinski definition) is 1. The average molecular weight is 378 g/mol. The van der Waals surface area contributed by atoms with Crippen LogP contribution in [-0.2, 0) is 13.0 Å². The van der Waals surface area contributed by atoms with Gasteiger partial charge in [-0.25, -0.2) is 0 Å². The van der Waals surface area contributed by atoms with Crippen LogP contribution in [0.15, 0.2) is 78.9 Å². The maximum Gasteiger partial charge on any atom is 0.191 e. The number of fused-ring (bicyclic) bond motifs is 1. The van der Waals surface area contributed by atoms with Gasteiger partial charge < -0.3 is 14.5 Å². The van der Waals surface area contributed by atoms with Crippen molar-refractivity contribution >= 4 is 22.5 Å². The van der Waals surface area contributed by atoms with Gasteiger partial charge in [-0.1, -0.05) is 54.1 Å². The van der Waals surface area contributed by atoms with Crippen LogP contribution in [0.4, 0.5) is 0 Å². The molecule has 0 atom stereocenters. The van der Waals surface area contributed by atoms with Gasteiger partial charge in [0.25, 0.3) is 0 Å². The third-order valence-corrected chi connectivity index (χ3v) is 4.63. The third-order valence-electron chi connectivity index (χ3n) is 4.38. The number of aromatic nitrogens is 1. The maximum atomic E-state index is 5.91. The average Bonchev–Trinajstić information content (AvgIpc) is 3.11. The molecule has 0 aliphatic heterocycles. The summed E-state index contributed by atoms with van der Waals surface area (Å²) in [4.78, 5) is 3.29. The van der Waals surface area contributed by atoms with Crippen molar-refractivity contribution in [3.05, 3.63) is 95.0 Å². The topological polar surface area (TPSA) is 34.2 Å². The van der Waals surface area contributed by atoms with E-state index in [9.17, 15) is 0 Å². The number of hydrogen-bond acceptors (Lipinski definition) is 2. The number of benzene rings is 3. The van der Waals surface area contributed by atoms with Gasteiger partial charge in [0.15, 0.2) is 5.88 Å². The zero-order chi connectivity index (χ0) is 18.5. The summed E-state index contributed by atoms with van der Waals surface area (Å²) in [6, 6.07) is 26.0. The van der Waals surface area contributed by atoms with E-state index in [2.05, 4.69) is 17.1 Å². The predicted octanol–water partition coefficient (Wildman–Crippen LogP) is 6.02. The Bertz CT molecular complexity index is 1010. The van der Waals surface area contributed by atoms with E-state index in [0.717, 1.165) is 39.5 Å². The van der Waals surface area contributed by atoms with E-state index in [4.69, 9.17) is 21.1 Å². The molecule has 27 heavy (non-hydrogen) atoms. The first-order valence-corrected chi connectivity index (χ1v) is 9.31. The Hall–Kier alpha value is -2.91. The first kappa shape index (κ1) is 17.5. The summed E-state index contributed by atoms with van der Waals surface area (Å²) in [6.45, 7) is 1.16. The Labute approximate surface area is 163 Å². The minimum absolute atomic E-state index is 0.557. The highest BCUT2D eigenvalue weighted by atomic mass is 35.5.